The molecule has 1 aromatic carbocycles. The Kier molecular flexibility index (Phi) is 3.07. The van der Waals surface area contributed by atoms with Gasteiger partial charge in [0.05, 0.1) is 5.41 Å². The van der Waals surface area contributed by atoms with Gasteiger partial charge in [0, 0.05) is 13.1 Å². The predicted molar refractivity (Wildman–Crippen MR) is 83.1 cm³/mol. The zero-order valence-electron chi connectivity index (χ0n) is 12.6. The van der Waals surface area contributed by atoms with Crippen LogP contribution in [0.3, 0.4) is 0 Å². The van der Waals surface area contributed by atoms with Crippen molar-refractivity contribution in [3.05, 3.63) is 35.9 Å². The summed E-state index contributed by atoms with van der Waals surface area (Å²) in [6.45, 7) is 4.19. The van der Waals surface area contributed by atoms with Crippen LogP contribution in [0.4, 0.5) is 0 Å². The van der Waals surface area contributed by atoms with Crippen LogP contribution >= 0.6 is 0 Å². The van der Waals surface area contributed by atoms with Crippen molar-refractivity contribution in [2.45, 2.75) is 37.5 Å². The fourth-order valence-corrected chi connectivity index (χ4v) is 4.28. The SMILES string of the molecule is O=C(N1CCC2(CCNCC2)C1)C1(c2ccccc2)CC1. The lowest BCUT2D eigenvalue weighted by Crippen LogP contribution is -2.42. The maximum atomic E-state index is 13.1. The van der Waals surface area contributed by atoms with Crippen molar-refractivity contribution in [3.63, 3.8) is 0 Å². The second kappa shape index (κ2) is 4.84. The van der Waals surface area contributed by atoms with Crippen molar-refractivity contribution in [3.8, 4) is 0 Å². The lowest BCUT2D eigenvalue weighted by molar-refractivity contribution is -0.133. The zero-order valence-corrected chi connectivity index (χ0v) is 12.6. The Bertz CT molecular complexity index is 529. The van der Waals surface area contributed by atoms with Crippen molar-refractivity contribution in [1.82, 2.24) is 10.2 Å². The fourth-order valence-electron chi connectivity index (χ4n) is 4.28. The molecule has 2 aliphatic heterocycles. The van der Waals surface area contributed by atoms with Crippen molar-refractivity contribution < 1.29 is 4.79 Å². The number of rotatable bonds is 2. The number of benzene rings is 1. The second-order valence-electron chi connectivity index (χ2n) is 7.17. The van der Waals surface area contributed by atoms with Gasteiger partial charge in [0.25, 0.3) is 0 Å². The van der Waals surface area contributed by atoms with Gasteiger partial charge in [0.1, 0.15) is 0 Å². The Morgan fingerprint density at radius 3 is 2.38 bits per heavy atom. The van der Waals surface area contributed by atoms with Crippen LogP contribution in [0.1, 0.15) is 37.7 Å². The van der Waals surface area contributed by atoms with Crippen LogP contribution < -0.4 is 5.32 Å². The lowest BCUT2D eigenvalue weighted by atomic mass is 9.78. The van der Waals surface area contributed by atoms with Crippen molar-refractivity contribution in [2.75, 3.05) is 26.2 Å². The van der Waals surface area contributed by atoms with E-state index in [4.69, 9.17) is 0 Å². The van der Waals surface area contributed by atoms with E-state index in [0.29, 0.717) is 11.3 Å². The predicted octanol–water partition coefficient (Wildman–Crippen LogP) is 2.32. The van der Waals surface area contributed by atoms with Gasteiger partial charge < -0.3 is 10.2 Å². The molecule has 2 heterocycles. The fraction of sp³-hybridized carbons (Fsp3) is 0.611. The van der Waals surface area contributed by atoms with Crippen molar-refractivity contribution in [2.24, 2.45) is 5.41 Å². The van der Waals surface area contributed by atoms with E-state index in [1.165, 1.54) is 24.8 Å². The molecule has 0 aromatic heterocycles. The number of carbonyl (C=O) groups is 1. The number of piperidine rings is 1. The first kappa shape index (κ1) is 13.3. The highest BCUT2D eigenvalue weighted by molar-refractivity contribution is 5.91. The number of nitrogens with one attached hydrogen (secondary N) is 1. The molecule has 3 fully saturated rings. The Balaban J connectivity index is 1.51. The minimum Gasteiger partial charge on any atom is -0.341 e. The van der Waals surface area contributed by atoms with Crippen LogP contribution in [-0.4, -0.2) is 37.0 Å². The van der Waals surface area contributed by atoms with Crippen molar-refractivity contribution >= 4 is 5.91 Å². The summed E-state index contributed by atoms with van der Waals surface area (Å²) < 4.78 is 0. The maximum Gasteiger partial charge on any atom is 0.233 e. The zero-order chi connectivity index (χ0) is 14.3. The van der Waals surface area contributed by atoms with Gasteiger partial charge in [-0.05, 0) is 56.2 Å². The molecule has 0 unspecified atom stereocenters. The third-order valence-electron chi connectivity index (χ3n) is 5.88. The molecule has 3 nitrogen and oxygen atoms in total. The Morgan fingerprint density at radius 1 is 1.00 bits per heavy atom. The van der Waals surface area contributed by atoms with Gasteiger partial charge in [-0.25, -0.2) is 0 Å². The third-order valence-corrected chi connectivity index (χ3v) is 5.88. The Hall–Kier alpha value is -1.35. The number of nitrogens with zero attached hydrogens (tertiary/aromatic N) is 1. The first-order chi connectivity index (χ1) is 10.2. The summed E-state index contributed by atoms with van der Waals surface area (Å²) in [7, 11) is 0. The number of carbonyl (C=O) groups excluding carboxylic acids is 1. The van der Waals surface area contributed by atoms with E-state index in [1.807, 2.05) is 6.07 Å². The van der Waals surface area contributed by atoms with E-state index in [2.05, 4.69) is 34.5 Å². The normalized spacial score (nSPS) is 26.0. The van der Waals surface area contributed by atoms with Crippen LogP contribution in [0.2, 0.25) is 0 Å². The van der Waals surface area contributed by atoms with Gasteiger partial charge >= 0.3 is 0 Å². The minimum absolute atomic E-state index is 0.181. The molecule has 1 spiro atoms. The topological polar surface area (TPSA) is 32.3 Å². The van der Waals surface area contributed by atoms with Gasteiger partial charge in [-0.15, -0.1) is 0 Å². The van der Waals surface area contributed by atoms with Gasteiger partial charge in [0.15, 0.2) is 0 Å². The van der Waals surface area contributed by atoms with Gasteiger partial charge in [-0.1, -0.05) is 30.3 Å². The van der Waals surface area contributed by atoms with Crippen molar-refractivity contribution in [1.29, 1.82) is 0 Å². The molecular weight excluding hydrogens is 260 g/mol. The van der Waals surface area contributed by atoms with E-state index in [9.17, 15) is 4.79 Å². The standard InChI is InChI=1S/C18H24N2O/c21-16(18(6-7-18)15-4-2-1-3-5-15)20-13-10-17(14-20)8-11-19-12-9-17/h1-5,19H,6-14H2. The smallest absolute Gasteiger partial charge is 0.233 e. The first-order valence-corrected chi connectivity index (χ1v) is 8.30. The molecule has 2 saturated heterocycles. The van der Waals surface area contributed by atoms with Crippen LogP contribution in [0.5, 0.6) is 0 Å². The van der Waals surface area contributed by atoms with Crippen LogP contribution in [0.25, 0.3) is 0 Å². The molecule has 3 heteroatoms. The number of amides is 1. The number of hydrogen-bond donors (Lipinski definition) is 1. The Morgan fingerprint density at radius 2 is 1.71 bits per heavy atom. The minimum atomic E-state index is -0.181. The van der Waals surface area contributed by atoms with Crippen LogP contribution in [0, 0.1) is 5.41 Å². The summed E-state index contributed by atoms with van der Waals surface area (Å²) in [5.41, 5.74) is 1.45. The molecule has 1 saturated carbocycles. The molecule has 1 N–H and O–H groups in total. The quantitative estimate of drug-likeness (QED) is 0.904. The van der Waals surface area contributed by atoms with Gasteiger partial charge in [-0.2, -0.15) is 0 Å². The third kappa shape index (κ3) is 2.18. The van der Waals surface area contributed by atoms with Gasteiger partial charge in [0.2, 0.25) is 5.91 Å². The number of hydrogen-bond acceptors (Lipinski definition) is 2. The molecular formula is C18H24N2O. The average Bonchev–Trinajstić information content (AvgIpc) is 3.26. The molecule has 0 radical (unpaired) electrons. The molecule has 0 atom stereocenters. The Labute approximate surface area is 126 Å². The molecule has 4 rings (SSSR count). The second-order valence-corrected chi connectivity index (χ2v) is 7.17. The molecule has 3 aliphatic rings. The van der Waals surface area contributed by atoms with Gasteiger partial charge in [-0.3, -0.25) is 4.79 Å². The lowest BCUT2D eigenvalue weighted by Gasteiger charge is -2.34. The van der Waals surface area contributed by atoms with Crippen LogP contribution in [0.15, 0.2) is 30.3 Å². The van der Waals surface area contributed by atoms with E-state index in [-0.39, 0.29) is 5.41 Å². The van der Waals surface area contributed by atoms with E-state index in [0.717, 1.165) is 39.0 Å². The molecule has 112 valence electrons. The van der Waals surface area contributed by atoms with Crippen LogP contribution in [-0.2, 0) is 10.2 Å². The summed E-state index contributed by atoms with van der Waals surface area (Å²) in [4.78, 5) is 15.2. The summed E-state index contributed by atoms with van der Waals surface area (Å²) in [6.07, 6.45) is 5.72. The highest BCUT2D eigenvalue weighted by atomic mass is 16.2. The highest BCUT2D eigenvalue weighted by Crippen LogP contribution is 2.51. The van der Waals surface area contributed by atoms with E-state index < -0.39 is 0 Å². The first-order valence-electron chi connectivity index (χ1n) is 8.30. The molecule has 21 heavy (non-hydrogen) atoms. The monoisotopic (exact) mass is 284 g/mol. The summed E-state index contributed by atoms with van der Waals surface area (Å²) in [5, 5.41) is 3.44. The summed E-state index contributed by atoms with van der Waals surface area (Å²) >= 11 is 0. The number of likely N-dealkylation sites (tertiary alicyclic amines) is 1. The summed E-state index contributed by atoms with van der Waals surface area (Å²) in [6, 6.07) is 10.4. The average molecular weight is 284 g/mol. The maximum absolute atomic E-state index is 13.1. The molecule has 0 bridgehead atoms. The summed E-state index contributed by atoms with van der Waals surface area (Å²) in [5.74, 6) is 0.393. The molecule has 1 aliphatic carbocycles. The van der Waals surface area contributed by atoms with E-state index >= 15 is 0 Å². The molecule has 1 aromatic rings. The van der Waals surface area contributed by atoms with E-state index in [1.54, 1.807) is 0 Å². The largest absolute Gasteiger partial charge is 0.341 e. The highest BCUT2D eigenvalue weighted by Gasteiger charge is 2.54. The molecule has 1 amide bonds.